The topological polar surface area (TPSA) is 39.9 Å². The van der Waals surface area contributed by atoms with Crippen molar-refractivity contribution in [1.82, 2.24) is 4.98 Å². The normalized spacial score (nSPS) is 16.4. The van der Waals surface area contributed by atoms with Gasteiger partial charge in [0.15, 0.2) is 5.82 Å². The summed E-state index contributed by atoms with van der Waals surface area (Å²) in [5.74, 6) is 0.889. The Morgan fingerprint density at radius 3 is 2.92 bits per heavy atom. The molecule has 12 heavy (non-hydrogen) atoms. The van der Waals surface area contributed by atoms with E-state index in [0.717, 1.165) is 23.8 Å². The van der Waals surface area contributed by atoms with Gasteiger partial charge in [-0.15, -0.1) is 11.3 Å². The molecule has 1 aromatic heterocycles. The largest absolute Gasteiger partial charge is 0.355 e. The third-order valence-corrected chi connectivity index (χ3v) is 2.78. The lowest BCUT2D eigenvalue weighted by molar-refractivity contribution is 0.944. The Morgan fingerprint density at radius 1 is 1.50 bits per heavy atom. The quantitative estimate of drug-likeness (QED) is 0.657. The number of hydrogen-bond acceptors (Lipinski definition) is 4. The van der Waals surface area contributed by atoms with E-state index in [0.29, 0.717) is 0 Å². The highest BCUT2D eigenvalue weighted by Gasteiger charge is 2.17. The highest BCUT2D eigenvalue weighted by atomic mass is 32.1. The van der Waals surface area contributed by atoms with E-state index in [9.17, 15) is 0 Å². The molecule has 4 heteroatoms. The number of rotatable bonds is 1. The minimum absolute atomic E-state index is 0.747. The maximum atomic E-state index is 8.76. The van der Waals surface area contributed by atoms with Gasteiger partial charge in [0.05, 0.1) is 5.51 Å². The highest BCUT2D eigenvalue weighted by molar-refractivity contribution is 7.10. The van der Waals surface area contributed by atoms with Gasteiger partial charge in [-0.2, -0.15) is 5.26 Å². The molecule has 0 unspecified atom stereocenters. The van der Waals surface area contributed by atoms with Crippen molar-refractivity contribution in [3.63, 3.8) is 0 Å². The van der Waals surface area contributed by atoms with E-state index in [1.807, 2.05) is 0 Å². The number of aromatic nitrogens is 1. The molecular formula is C8H9N3S. The Hall–Kier alpha value is -1.08. The van der Waals surface area contributed by atoms with Crippen molar-refractivity contribution in [2.75, 3.05) is 18.0 Å². The molecule has 1 aliphatic heterocycles. The molecule has 0 bridgehead atoms. The first-order valence-corrected chi connectivity index (χ1v) is 4.88. The summed E-state index contributed by atoms with van der Waals surface area (Å²) >= 11 is 1.42. The second-order valence-electron chi connectivity index (χ2n) is 2.81. The van der Waals surface area contributed by atoms with E-state index >= 15 is 0 Å². The average Bonchev–Trinajstić information content (AvgIpc) is 2.74. The zero-order valence-electron chi connectivity index (χ0n) is 6.66. The number of nitrogens with zero attached hydrogens (tertiary/aromatic N) is 3. The van der Waals surface area contributed by atoms with Crippen molar-refractivity contribution in [2.45, 2.75) is 12.8 Å². The smallest absolute Gasteiger partial charge is 0.157 e. The molecule has 0 radical (unpaired) electrons. The second kappa shape index (κ2) is 3.11. The molecule has 1 aliphatic rings. The molecular weight excluding hydrogens is 170 g/mol. The van der Waals surface area contributed by atoms with Crippen molar-refractivity contribution in [3.05, 3.63) is 10.4 Å². The fourth-order valence-electron chi connectivity index (χ4n) is 1.47. The van der Waals surface area contributed by atoms with Crippen LogP contribution < -0.4 is 4.90 Å². The molecule has 0 amide bonds. The van der Waals surface area contributed by atoms with Crippen LogP contribution in [0.1, 0.15) is 17.7 Å². The van der Waals surface area contributed by atoms with Gasteiger partial charge in [0.2, 0.25) is 0 Å². The van der Waals surface area contributed by atoms with E-state index in [1.165, 1.54) is 24.2 Å². The van der Waals surface area contributed by atoms with Gasteiger partial charge in [-0.1, -0.05) is 0 Å². The van der Waals surface area contributed by atoms with Crippen molar-refractivity contribution in [2.24, 2.45) is 0 Å². The van der Waals surface area contributed by atoms with Gasteiger partial charge in [0.1, 0.15) is 10.9 Å². The molecule has 1 aromatic rings. The number of hydrogen-bond donors (Lipinski definition) is 0. The van der Waals surface area contributed by atoms with Crippen LogP contribution in [0.2, 0.25) is 0 Å². The third kappa shape index (κ3) is 1.16. The highest BCUT2D eigenvalue weighted by Crippen LogP contribution is 2.24. The Bertz CT molecular complexity index is 306. The predicted molar refractivity (Wildman–Crippen MR) is 48.3 cm³/mol. The van der Waals surface area contributed by atoms with Crippen molar-refractivity contribution in [1.29, 1.82) is 5.26 Å². The van der Waals surface area contributed by atoms with Crippen molar-refractivity contribution < 1.29 is 0 Å². The third-order valence-electron chi connectivity index (χ3n) is 2.06. The van der Waals surface area contributed by atoms with E-state index < -0.39 is 0 Å². The summed E-state index contributed by atoms with van der Waals surface area (Å²) in [5, 5.41) is 8.76. The molecule has 62 valence electrons. The van der Waals surface area contributed by atoms with Crippen LogP contribution in [0.15, 0.2) is 5.51 Å². The predicted octanol–water partition coefficient (Wildman–Crippen LogP) is 1.61. The van der Waals surface area contributed by atoms with E-state index in [4.69, 9.17) is 5.26 Å². The van der Waals surface area contributed by atoms with Gasteiger partial charge >= 0.3 is 0 Å². The zero-order valence-corrected chi connectivity index (χ0v) is 7.47. The Morgan fingerprint density at radius 2 is 2.25 bits per heavy atom. The van der Waals surface area contributed by atoms with Crippen LogP contribution in [0.3, 0.4) is 0 Å². The van der Waals surface area contributed by atoms with Crippen LogP contribution in [-0.2, 0) is 0 Å². The van der Waals surface area contributed by atoms with E-state index in [1.54, 1.807) is 5.51 Å². The maximum absolute atomic E-state index is 8.76. The molecule has 0 spiro atoms. The molecule has 0 atom stereocenters. The standard InChI is InChI=1S/C8H9N3S/c9-5-7-8(10-6-12-7)11-3-1-2-4-11/h6H,1-4H2. The number of anilines is 1. The van der Waals surface area contributed by atoms with Crippen LogP contribution >= 0.6 is 11.3 Å². The van der Waals surface area contributed by atoms with Gasteiger partial charge < -0.3 is 4.90 Å². The first-order chi connectivity index (χ1) is 5.92. The fraction of sp³-hybridized carbons (Fsp3) is 0.500. The summed E-state index contributed by atoms with van der Waals surface area (Å²) in [4.78, 5) is 7.13. The summed E-state index contributed by atoms with van der Waals surface area (Å²) in [6, 6.07) is 2.17. The van der Waals surface area contributed by atoms with Crippen LogP contribution in [0.5, 0.6) is 0 Å². The molecule has 0 N–H and O–H groups in total. The summed E-state index contributed by atoms with van der Waals surface area (Å²) < 4.78 is 0. The second-order valence-corrected chi connectivity index (χ2v) is 3.67. The summed E-state index contributed by atoms with van der Waals surface area (Å²) in [7, 11) is 0. The minimum atomic E-state index is 0.747. The lowest BCUT2D eigenvalue weighted by Crippen LogP contribution is -2.18. The summed E-state index contributed by atoms with van der Waals surface area (Å²) in [5.41, 5.74) is 1.74. The molecule has 0 saturated carbocycles. The van der Waals surface area contributed by atoms with Crippen molar-refractivity contribution in [3.8, 4) is 6.07 Å². The maximum Gasteiger partial charge on any atom is 0.157 e. The summed E-state index contributed by atoms with van der Waals surface area (Å²) in [6.45, 7) is 2.11. The first kappa shape index (κ1) is 7.56. The Kier molecular flexibility index (Phi) is 1.96. The minimum Gasteiger partial charge on any atom is -0.355 e. The van der Waals surface area contributed by atoms with E-state index in [-0.39, 0.29) is 0 Å². The molecule has 0 aliphatic carbocycles. The van der Waals surface area contributed by atoms with Gasteiger partial charge in [0.25, 0.3) is 0 Å². The lowest BCUT2D eigenvalue weighted by atomic mass is 10.4. The number of nitriles is 1. The van der Waals surface area contributed by atoms with Crippen LogP contribution in [0, 0.1) is 11.3 Å². The Balaban J connectivity index is 2.27. The number of thiazole rings is 1. The van der Waals surface area contributed by atoms with E-state index in [2.05, 4.69) is 16.0 Å². The van der Waals surface area contributed by atoms with Crippen LogP contribution in [0.25, 0.3) is 0 Å². The molecule has 1 saturated heterocycles. The SMILES string of the molecule is N#Cc1scnc1N1CCCC1. The monoisotopic (exact) mass is 179 g/mol. The molecule has 0 aromatic carbocycles. The van der Waals surface area contributed by atoms with Gasteiger partial charge in [-0.05, 0) is 12.8 Å². The van der Waals surface area contributed by atoms with Crippen LogP contribution in [-0.4, -0.2) is 18.1 Å². The van der Waals surface area contributed by atoms with Crippen LogP contribution in [0.4, 0.5) is 5.82 Å². The van der Waals surface area contributed by atoms with Gasteiger partial charge in [0, 0.05) is 13.1 Å². The fourth-order valence-corrected chi connectivity index (χ4v) is 2.07. The van der Waals surface area contributed by atoms with Gasteiger partial charge in [-0.3, -0.25) is 0 Å². The molecule has 1 fully saturated rings. The first-order valence-electron chi connectivity index (χ1n) is 4.00. The lowest BCUT2D eigenvalue weighted by Gasteiger charge is -2.13. The summed E-state index contributed by atoms with van der Waals surface area (Å²) in [6.07, 6.45) is 2.45. The van der Waals surface area contributed by atoms with Gasteiger partial charge in [-0.25, -0.2) is 4.98 Å². The average molecular weight is 179 g/mol. The molecule has 3 nitrogen and oxygen atoms in total. The molecule has 2 rings (SSSR count). The van der Waals surface area contributed by atoms with Crippen molar-refractivity contribution >= 4 is 17.2 Å². The zero-order chi connectivity index (χ0) is 8.39. The Labute approximate surface area is 75.3 Å². The molecule has 2 heterocycles.